The average Bonchev–Trinajstić information content (AvgIpc) is 2.42. The van der Waals surface area contributed by atoms with E-state index in [-0.39, 0.29) is 5.52 Å². The highest BCUT2D eigenvalue weighted by Crippen LogP contribution is 2.29. The zero-order valence-electron chi connectivity index (χ0n) is 11.1. The molecule has 2 nitrogen and oxygen atoms in total. The van der Waals surface area contributed by atoms with Crippen LogP contribution < -0.4 is 5.32 Å². The number of hydrogen-bond donors (Lipinski definition) is 1. The van der Waals surface area contributed by atoms with Gasteiger partial charge in [0.1, 0.15) is 11.3 Å². The Morgan fingerprint density at radius 1 is 1.05 bits per heavy atom. The lowest BCUT2D eigenvalue weighted by atomic mass is 10.1. The molecule has 5 heteroatoms. The minimum absolute atomic E-state index is 0.149. The maximum atomic E-state index is 13.8. The monoisotopic (exact) mass is 348 g/mol. The Labute approximate surface area is 129 Å². The average molecular weight is 349 g/mol. The molecule has 106 valence electrons. The van der Waals surface area contributed by atoms with Crippen molar-refractivity contribution >= 4 is 38.2 Å². The molecule has 0 aliphatic carbocycles. The largest absolute Gasteiger partial charge is 0.355 e. The number of anilines is 2. The molecule has 1 N–H and O–H groups in total. The van der Waals surface area contributed by atoms with Gasteiger partial charge in [-0.1, -0.05) is 15.9 Å². The summed E-state index contributed by atoms with van der Waals surface area (Å²) in [7, 11) is 0. The number of fused-ring (bicyclic) bond motifs is 1. The molecule has 0 saturated carbocycles. The quantitative estimate of drug-likeness (QED) is 0.677. The van der Waals surface area contributed by atoms with Gasteiger partial charge >= 0.3 is 0 Å². The summed E-state index contributed by atoms with van der Waals surface area (Å²) in [6.45, 7) is 1.96. The standard InChI is InChI=1S/C16H11BrF2N2/c1-9-6-10(17)2-3-14(9)21-15-4-5-20-16-12(15)7-11(18)8-13(16)19/h2-8H,1H3,(H,20,21). The van der Waals surface area contributed by atoms with Crippen molar-refractivity contribution in [2.75, 3.05) is 5.32 Å². The third-order valence-corrected chi connectivity index (χ3v) is 3.71. The first-order valence-electron chi connectivity index (χ1n) is 6.31. The molecule has 0 saturated heterocycles. The van der Waals surface area contributed by atoms with E-state index in [1.54, 1.807) is 6.07 Å². The molecule has 0 amide bonds. The normalized spacial score (nSPS) is 10.9. The maximum Gasteiger partial charge on any atom is 0.152 e. The predicted molar refractivity (Wildman–Crippen MR) is 83.8 cm³/mol. The highest BCUT2D eigenvalue weighted by molar-refractivity contribution is 9.10. The van der Waals surface area contributed by atoms with Crippen molar-refractivity contribution in [3.05, 3.63) is 64.3 Å². The van der Waals surface area contributed by atoms with Crippen LogP contribution in [0.25, 0.3) is 10.9 Å². The first-order valence-corrected chi connectivity index (χ1v) is 7.11. The number of halogens is 3. The Kier molecular flexibility index (Phi) is 3.59. The molecule has 0 atom stereocenters. The summed E-state index contributed by atoms with van der Waals surface area (Å²) in [4.78, 5) is 3.97. The van der Waals surface area contributed by atoms with Gasteiger partial charge in [-0.25, -0.2) is 8.78 Å². The summed E-state index contributed by atoms with van der Waals surface area (Å²) in [6, 6.07) is 9.59. The van der Waals surface area contributed by atoms with E-state index in [4.69, 9.17) is 0 Å². The molecule has 0 aliphatic heterocycles. The molecule has 0 fully saturated rings. The second kappa shape index (κ2) is 5.41. The fourth-order valence-electron chi connectivity index (χ4n) is 2.20. The van der Waals surface area contributed by atoms with Gasteiger partial charge in [-0.2, -0.15) is 0 Å². The van der Waals surface area contributed by atoms with E-state index in [9.17, 15) is 8.78 Å². The van der Waals surface area contributed by atoms with Crippen LogP contribution in [0, 0.1) is 18.6 Å². The highest BCUT2D eigenvalue weighted by Gasteiger charge is 2.10. The summed E-state index contributed by atoms with van der Waals surface area (Å²) in [6.07, 6.45) is 1.50. The van der Waals surface area contributed by atoms with Crippen molar-refractivity contribution in [2.24, 2.45) is 0 Å². The van der Waals surface area contributed by atoms with E-state index in [1.807, 2.05) is 25.1 Å². The van der Waals surface area contributed by atoms with E-state index >= 15 is 0 Å². The fraction of sp³-hybridized carbons (Fsp3) is 0.0625. The van der Waals surface area contributed by atoms with E-state index in [0.29, 0.717) is 11.1 Å². The van der Waals surface area contributed by atoms with E-state index in [0.717, 1.165) is 21.8 Å². The van der Waals surface area contributed by atoms with Crippen LogP contribution in [0.3, 0.4) is 0 Å². The second-order valence-electron chi connectivity index (χ2n) is 4.73. The number of rotatable bonds is 2. The first kappa shape index (κ1) is 13.9. The van der Waals surface area contributed by atoms with Crippen LogP contribution in [0.4, 0.5) is 20.2 Å². The summed E-state index contributed by atoms with van der Waals surface area (Å²) < 4.78 is 28.2. The molecule has 3 rings (SSSR count). The van der Waals surface area contributed by atoms with E-state index in [1.165, 1.54) is 12.3 Å². The zero-order valence-corrected chi connectivity index (χ0v) is 12.7. The number of aryl methyl sites for hydroxylation is 1. The zero-order chi connectivity index (χ0) is 15.0. The molecule has 2 aromatic carbocycles. The fourth-order valence-corrected chi connectivity index (χ4v) is 2.68. The number of nitrogens with one attached hydrogen (secondary N) is 1. The molecular weight excluding hydrogens is 338 g/mol. The molecule has 0 radical (unpaired) electrons. The molecule has 0 spiro atoms. The van der Waals surface area contributed by atoms with Crippen LogP contribution in [0.1, 0.15) is 5.56 Å². The van der Waals surface area contributed by atoms with Crippen LogP contribution in [-0.4, -0.2) is 4.98 Å². The lowest BCUT2D eigenvalue weighted by Crippen LogP contribution is -1.96. The summed E-state index contributed by atoms with van der Waals surface area (Å²) in [5, 5.41) is 3.62. The predicted octanol–water partition coefficient (Wildman–Crippen LogP) is 5.33. The second-order valence-corrected chi connectivity index (χ2v) is 5.64. The highest BCUT2D eigenvalue weighted by atomic mass is 79.9. The maximum absolute atomic E-state index is 13.8. The van der Waals surface area contributed by atoms with Gasteiger partial charge in [0.25, 0.3) is 0 Å². The minimum Gasteiger partial charge on any atom is -0.355 e. The van der Waals surface area contributed by atoms with Crippen molar-refractivity contribution in [3.8, 4) is 0 Å². The summed E-state index contributed by atoms with van der Waals surface area (Å²) in [5.41, 5.74) is 2.65. The van der Waals surface area contributed by atoms with Crippen molar-refractivity contribution in [2.45, 2.75) is 6.92 Å². The van der Waals surface area contributed by atoms with Gasteiger partial charge in [0.05, 0.1) is 0 Å². The molecule has 3 aromatic rings. The molecule has 21 heavy (non-hydrogen) atoms. The molecular formula is C16H11BrF2N2. The third-order valence-electron chi connectivity index (χ3n) is 3.22. The lowest BCUT2D eigenvalue weighted by Gasteiger charge is -2.12. The number of aromatic nitrogens is 1. The van der Waals surface area contributed by atoms with E-state index < -0.39 is 11.6 Å². The van der Waals surface area contributed by atoms with Gasteiger partial charge in [0.2, 0.25) is 0 Å². The van der Waals surface area contributed by atoms with Crippen LogP contribution in [0.15, 0.2) is 47.1 Å². The van der Waals surface area contributed by atoms with Gasteiger partial charge in [-0.05, 0) is 42.8 Å². The van der Waals surface area contributed by atoms with Crippen LogP contribution in [-0.2, 0) is 0 Å². The molecule has 0 unspecified atom stereocenters. The first-order chi connectivity index (χ1) is 10.0. The Bertz CT molecular complexity index is 834. The van der Waals surface area contributed by atoms with Crippen molar-refractivity contribution in [3.63, 3.8) is 0 Å². The van der Waals surface area contributed by atoms with Gasteiger partial charge in [0, 0.05) is 33.5 Å². The Balaban J connectivity index is 2.12. The summed E-state index contributed by atoms with van der Waals surface area (Å²) in [5.74, 6) is -1.29. The minimum atomic E-state index is -0.666. The van der Waals surface area contributed by atoms with E-state index in [2.05, 4.69) is 26.2 Å². The molecule has 1 aromatic heterocycles. The molecule has 0 bridgehead atoms. The third kappa shape index (κ3) is 2.74. The van der Waals surface area contributed by atoms with Crippen molar-refractivity contribution in [1.82, 2.24) is 4.98 Å². The van der Waals surface area contributed by atoms with Gasteiger partial charge < -0.3 is 5.32 Å². The number of nitrogens with zero attached hydrogens (tertiary/aromatic N) is 1. The van der Waals surface area contributed by atoms with Crippen LogP contribution in [0.2, 0.25) is 0 Å². The van der Waals surface area contributed by atoms with Crippen LogP contribution in [0.5, 0.6) is 0 Å². The summed E-state index contributed by atoms with van der Waals surface area (Å²) >= 11 is 3.40. The molecule has 0 aliphatic rings. The van der Waals surface area contributed by atoms with Gasteiger partial charge in [-0.15, -0.1) is 0 Å². The topological polar surface area (TPSA) is 24.9 Å². The lowest BCUT2D eigenvalue weighted by molar-refractivity contribution is 0.590. The van der Waals surface area contributed by atoms with Crippen molar-refractivity contribution in [1.29, 1.82) is 0 Å². The van der Waals surface area contributed by atoms with Gasteiger partial charge in [-0.3, -0.25) is 4.98 Å². The SMILES string of the molecule is Cc1cc(Br)ccc1Nc1ccnc2c(F)cc(F)cc12. The molecule has 1 heterocycles. The smallest absolute Gasteiger partial charge is 0.152 e. The Hall–Kier alpha value is -2.01. The van der Waals surface area contributed by atoms with Crippen LogP contribution >= 0.6 is 15.9 Å². The number of pyridine rings is 1. The number of hydrogen-bond acceptors (Lipinski definition) is 2. The Morgan fingerprint density at radius 3 is 2.62 bits per heavy atom. The number of benzene rings is 2. The van der Waals surface area contributed by atoms with Crippen molar-refractivity contribution < 1.29 is 8.78 Å². The van der Waals surface area contributed by atoms with Gasteiger partial charge in [0.15, 0.2) is 5.82 Å². The Morgan fingerprint density at radius 2 is 1.86 bits per heavy atom.